The molecule has 1 rings (SSSR count). The molecule has 0 radical (unpaired) electrons. The predicted molar refractivity (Wildman–Crippen MR) is 78.0 cm³/mol. The van der Waals surface area contributed by atoms with Crippen molar-refractivity contribution in [3.63, 3.8) is 0 Å². The maximum atomic E-state index is 13.0. The lowest BCUT2D eigenvalue weighted by atomic mass is 10.3. The first kappa shape index (κ1) is 16.1. The first-order chi connectivity index (χ1) is 8.97. The highest BCUT2D eigenvalue weighted by atomic mass is 35.5. The summed E-state index contributed by atoms with van der Waals surface area (Å²) in [5.41, 5.74) is 0.600. The van der Waals surface area contributed by atoms with E-state index in [-0.39, 0.29) is 11.1 Å². The van der Waals surface area contributed by atoms with Crippen LogP contribution >= 0.6 is 23.8 Å². The molecular formula is C12H16ClFN2O2S. The number of hydrogen-bond acceptors (Lipinski definition) is 3. The van der Waals surface area contributed by atoms with Gasteiger partial charge in [-0.25, -0.2) is 4.39 Å². The molecule has 7 heteroatoms. The van der Waals surface area contributed by atoms with Gasteiger partial charge in [0.2, 0.25) is 0 Å². The van der Waals surface area contributed by atoms with E-state index in [0.717, 1.165) is 0 Å². The molecule has 1 aromatic rings. The molecule has 0 saturated heterocycles. The molecule has 0 saturated carbocycles. The van der Waals surface area contributed by atoms with E-state index < -0.39 is 12.1 Å². The fraction of sp³-hybridized carbons (Fsp3) is 0.417. The van der Waals surface area contributed by atoms with Crippen LogP contribution in [0.4, 0.5) is 10.1 Å². The van der Waals surface area contributed by atoms with Crippen LogP contribution in [0.15, 0.2) is 18.2 Å². The summed E-state index contributed by atoms with van der Waals surface area (Å²) >= 11 is 10.8. The van der Waals surface area contributed by atoms with Gasteiger partial charge in [-0.05, 0) is 37.3 Å². The number of methoxy groups -OCH3 is 2. The van der Waals surface area contributed by atoms with Crippen LogP contribution in [0.3, 0.4) is 0 Å². The second-order valence-corrected chi connectivity index (χ2v) is 4.67. The van der Waals surface area contributed by atoms with Crippen molar-refractivity contribution in [1.82, 2.24) is 5.32 Å². The number of benzene rings is 1. The van der Waals surface area contributed by atoms with Gasteiger partial charge in [-0.1, -0.05) is 11.6 Å². The summed E-state index contributed by atoms with van der Waals surface area (Å²) in [5, 5.41) is 6.30. The van der Waals surface area contributed by atoms with Gasteiger partial charge in [-0.3, -0.25) is 0 Å². The lowest BCUT2D eigenvalue weighted by Gasteiger charge is -2.23. The number of ether oxygens (including phenoxy) is 2. The van der Waals surface area contributed by atoms with Crippen molar-refractivity contribution in [2.75, 3.05) is 19.5 Å². The van der Waals surface area contributed by atoms with E-state index >= 15 is 0 Å². The molecule has 0 aromatic heterocycles. The molecule has 2 N–H and O–H groups in total. The Hall–Kier alpha value is -0.950. The highest BCUT2D eigenvalue weighted by molar-refractivity contribution is 7.80. The summed E-state index contributed by atoms with van der Waals surface area (Å²) in [6.07, 6.45) is -0.420. The van der Waals surface area contributed by atoms with Crippen LogP contribution in [-0.4, -0.2) is 31.7 Å². The fourth-order valence-corrected chi connectivity index (χ4v) is 2.00. The van der Waals surface area contributed by atoms with E-state index in [4.69, 9.17) is 33.3 Å². The molecule has 1 aromatic carbocycles. The molecule has 0 aliphatic rings. The van der Waals surface area contributed by atoms with Gasteiger partial charge in [0.25, 0.3) is 0 Å². The smallest absolute Gasteiger partial charge is 0.176 e. The van der Waals surface area contributed by atoms with E-state index in [9.17, 15) is 4.39 Å². The highest BCUT2D eigenvalue weighted by Crippen LogP contribution is 2.19. The van der Waals surface area contributed by atoms with E-state index in [1.54, 1.807) is 20.3 Å². The molecule has 0 amide bonds. The van der Waals surface area contributed by atoms with Crippen LogP contribution in [0.2, 0.25) is 5.02 Å². The third kappa shape index (κ3) is 4.91. The minimum Gasteiger partial charge on any atom is -0.355 e. The number of anilines is 1. The zero-order chi connectivity index (χ0) is 14.4. The lowest BCUT2D eigenvalue weighted by molar-refractivity contribution is -0.116. The molecule has 0 spiro atoms. The molecule has 1 atom stereocenters. The summed E-state index contributed by atoms with van der Waals surface area (Å²) in [7, 11) is 3.09. The molecule has 0 aliphatic heterocycles. The average molecular weight is 307 g/mol. The Morgan fingerprint density at radius 3 is 2.53 bits per heavy atom. The monoisotopic (exact) mass is 306 g/mol. The summed E-state index contributed by atoms with van der Waals surface area (Å²) in [5.74, 6) is -0.474. The molecule has 0 aliphatic carbocycles. The van der Waals surface area contributed by atoms with Gasteiger partial charge in [-0.15, -0.1) is 0 Å². The quantitative estimate of drug-likeness (QED) is 0.647. The van der Waals surface area contributed by atoms with Gasteiger partial charge in [0.05, 0.1) is 11.1 Å². The summed E-state index contributed by atoms with van der Waals surface area (Å²) in [6, 6.07) is 4.12. The predicted octanol–water partition coefficient (Wildman–Crippen LogP) is 2.77. The second kappa shape index (κ2) is 7.59. The summed E-state index contributed by atoms with van der Waals surface area (Å²) in [6.45, 7) is 1.86. The number of thiocarbonyl (C=S) groups is 1. The van der Waals surface area contributed by atoms with Crippen molar-refractivity contribution in [2.45, 2.75) is 19.3 Å². The minimum atomic E-state index is -0.474. The van der Waals surface area contributed by atoms with Crippen LogP contribution < -0.4 is 10.6 Å². The zero-order valence-corrected chi connectivity index (χ0v) is 12.4. The van der Waals surface area contributed by atoms with E-state index in [0.29, 0.717) is 10.8 Å². The van der Waals surface area contributed by atoms with Gasteiger partial charge >= 0.3 is 0 Å². The summed E-state index contributed by atoms with van der Waals surface area (Å²) in [4.78, 5) is 0. The van der Waals surface area contributed by atoms with Gasteiger partial charge in [0, 0.05) is 19.9 Å². The maximum absolute atomic E-state index is 13.0. The number of rotatable bonds is 5. The summed E-state index contributed by atoms with van der Waals surface area (Å²) < 4.78 is 23.2. The van der Waals surface area contributed by atoms with Crippen LogP contribution in [0.25, 0.3) is 0 Å². The number of nitrogens with one attached hydrogen (secondary N) is 2. The average Bonchev–Trinajstić information content (AvgIpc) is 2.35. The maximum Gasteiger partial charge on any atom is 0.176 e. The normalized spacial score (nSPS) is 12.3. The van der Waals surface area contributed by atoms with Gasteiger partial charge in [0.15, 0.2) is 11.4 Å². The van der Waals surface area contributed by atoms with Crippen LogP contribution in [-0.2, 0) is 9.47 Å². The SMILES string of the molecule is COC(OC)C(C)NC(=S)Nc1ccc(F)c(Cl)c1. The van der Waals surface area contributed by atoms with Crippen molar-refractivity contribution in [1.29, 1.82) is 0 Å². The van der Waals surface area contributed by atoms with Crippen LogP contribution in [0.1, 0.15) is 6.92 Å². The standard InChI is InChI=1S/C12H16ClFN2O2S/c1-7(11(17-2)18-3)15-12(19)16-8-4-5-10(14)9(13)6-8/h4-7,11H,1-3H3,(H2,15,16,19). The van der Waals surface area contributed by atoms with E-state index in [2.05, 4.69) is 10.6 Å². The molecule has 0 fully saturated rings. The molecule has 0 heterocycles. The molecule has 4 nitrogen and oxygen atoms in total. The molecule has 1 unspecified atom stereocenters. The Labute approximate surface area is 122 Å². The van der Waals surface area contributed by atoms with Gasteiger partial charge in [-0.2, -0.15) is 0 Å². The first-order valence-electron chi connectivity index (χ1n) is 5.56. The second-order valence-electron chi connectivity index (χ2n) is 3.86. The minimum absolute atomic E-state index is 0.0347. The van der Waals surface area contributed by atoms with Gasteiger partial charge in [0.1, 0.15) is 5.82 Å². The van der Waals surface area contributed by atoms with Crippen molar-refractivity contribution in [2.24, 2.45) is 0 Å². The Morgan fingerprint density at radius 1 is 1.37 bits per heavy atom. The Kier molecular flexibility index (Phi) is 6.44. The zero-order valence-electron chi connectivity index (χ0n) is 10.9. The fourth-order valence-electron chi connectivity index (χ4n) is 1.52. The first-order valence-corrected chi connectivity index (χ1v) is 6.34. The Balaban J connectivity index is 2.57. The van der Waals surface area contributed by atoms with Crippen molar-refractivity contribution in [3.05, 3.63) is 29.0 Å². The molecule has 0 bridgehead atoms. The van der Waals surface area contributed by atoms with Crippen LogP contribution in [0, 0.1) is 5.82 Å². The topological polar surface area (TPSA) is 42.5 Å². The Bertz CT molecular complexity index is 444. The largest absolute Gasteiger partial charge is 0.355 e. The third-order valence-electron chi connectivity index (χ3n) is 2.41. The van der Waals surface area contributed by atoms with Crippen LogP contribution in [0.5, 0.6) is 0 Å². The number of halogens is 2. The third-order valence-corrected chi connectivity index (χ3v) is 2.92. The van der Waals surface area contributed by atoms with Gasteiger partial charge < -0.3 is 20.1 Å². The lowest BCUT2D eigenvalue weighted by Crippen LogP contribution is -2.44. The Morgan fingerprint density at radius 2 is 2.00 bits per heavy atom. The molecule has 106 valence electrons. The van der Waals surface area contributed by atoms with E-state index in [1.807, 2.05) is 6.92 Å². The molecular weight excluding hydrogens is 291 g/mol. The highest BCUT2D eigenvalue weighted by Gasteiger charge is 2.16. The van der Waals surface area contributed by atoms with Crippen molar-refractivity contribution < 1.29 is 13.9 Å². The van der Waals surface area contributed by atoms with E-state index in [1.165, 1.54) is 12.1 Å². The van der Waals surface area contributed by atoms with Crippen molar-refractivity contribution >= 4 is 34.6 Å². The molecule has 19 heavy (non-hydrogen) atoms. The van der Waals surface area contributed by atoms with Crippen molar-refractivity contribution in [3.8, 4) is 0 Å². The number of hydrogen-bond donors (Lipinski definition) is 2.